The molecule has 26 nitrogen and oxygen atoms in total. The molecule has 3 atom stereocenters. The highest BCUT2D eigenvalue weighted by Gasteiger charge is 2.33. The SMILES string of the molecule is C=S(C)(=O)c1cccc2c1C(N)=NS(=O)(=O)C2.C=S(C)c1cccc2c1C(N)=NS(=O)(=O)C2.C=S1(=O)Cc2cccc(C3CC3)c2C(N)=N1.CC(C)Nc1cccc2c1C(N)=NS(=O)(=O)C2.CC1=NS(=O)(=O)Cc2cccc(C(C)=C(C)C)c21.CCC/C=C/c1cccc2c1C(C)=NS(=O)(=O)C2.CSc1cccc2c1C(C)=NS(=O)(=O)C2. The van der Waals surface area contributed by atoms with Gasteiger partial charge >= 0.3 is 0 Å². The predicted molar refractivity (Wildman–Crippen MR) is 488 cm³/mol. The number of nitrogens with one attached hydrogen (secondary N) is 1. The number of unbranched alkanes of at least 4 members (excludes halogenated alkanes) is 1. The van der Waals surface area contributed by atoms with E-state index < -0.39 is 79.4 Å². The Morgan fingerprint density at radius 1 is 0.521 bits per heavy atom. The van der Waals surface area contributed by atoms with Gasteiger partial charge in [0.15, 0.2) is 0 Å². The van der Waals surface area contributed by atoms with Crippen molar-refractivity contribution in [2.45, 2.75) is 155 Å². The Labute approximate surface area is 696 Å². The molecule has 7 aromatic rings. The Morgan fingerprint density at radius 2 is 0.915 bits per heavy atom. The lowest BCUT2D eigenvalue weighted by molar-refractivity contribution is 0.594. The third-order valence-electron chi connectivity index (χ3n) is 18.8. The van der Waals surface area contributed by atoms with Gasteiger partial charge in [0.1, 0.15) is 23.3 Å². The van der Waals surface area contributed by atoms with Crippen molar-refractivity contribution in [2.75, 3.05) is 24.1 Å². The van der Waals surface area contributed by atoms with Crippen molar-refractivity contribution in [3.63, 3.8) is 0 Å². The lowest BCUT2D eigenvalue weighted by atomic mass is 9.92. The fraction of sp³-hybridized carbons (Fsp3) is 0.309. The zero-order chi connectivity index (χ0) is 86.5. The molecule has 0 aromatic heterocycles. The third kappa shape index (κ3) is 23.7. The van der Waals surface area contributed by atoms with Crippen molar-refractivity contribution in [1.29, 1.82) is 0 Å². The second-order valence-corrected chi connectivity index (χ2v) is 46.1. The van der Waals surface area contributed by atoms with Crippen LogP contribution in [-0.4, -0.2) is 142 Å². The van der Waals surface area contributed by atoms with E-state index in [1.807, 2.05) is 117 Å². The van der Waals surface area contributed by atoms with Crippen molar-refractivity contribution in [1.82, 2.24) is 0 Å². The molecule has 1 fully saturated rings. The summed E-state index contributed by atoms with van der Waals surface area (Å²) in [6.45, 7) is 17.6. The van der Waals surface area contributed by atoms with Gasteiger partial charge in [-0.3, -0.25) is 4.21 Å². The number of hydrogen-bond acceptors (Lipinski definition) is 20. The summed E-state index contributed by atoms with van der Waals surface area (Å²) in [5.41, 5.74) is 42.8. The van der Waals surface area contributed by atoms with E-state index in [-0.39, 0.29) is 68.5 Å². The zero-order valence-corrected chi connectivity index (χ0v) is 75.2. The molecule has 1 saturated carbocycles. The van der Waals surface area contributed by atoms with Crippen LogP contribution in [-0.2, 0) is 120 Å². The first-order chi connectivity index (χ1) is 54.4. The number of benzene rings is 7. The summed E-state index contributed by atoms with van der Waals surface area (Å²) < 4.78 is 188. The van der Waals surface area contributed by atoms with E-state index in [1.165, 1.54) is 35.8 Å². The Morgan fingerprint density at radius 3 is 1.40 bits per heavy atom. The van der Waals surface area contributed by atoms with Crippen LogP contribution in [0.15, 0.2) is 185 Å². The van der Waals surface area contributed by atoms with Crippen LogP contribution >= 0.6 is 22.2 Å². The summed E-state index contributed by atoms with van der Waals surface area (Å²) in [6.07, 6.45) is 14.2. The summed E-state index contributed by atoms with van der Waals surface area (Å²) in [4.78, 5) is 2.50. The van der Waals surface area contributed by atoms with Gasteiger partial charge in [-0.1, -0.05) is 140 Å². The monoisotopic (exact) mass is 1780 g/mol. The molecule has 0 saturated heterocycles. The molecule has 36 heteroatoms. The van der Waals surface area contributed by atoms with Crippen LogP contribution < -0.4 is 28.3 Å². The van der Waals surface area contributed by atoms with Gasteiger partial charge in [0, 0.05) is 71.6 Å². The van der Waals surface area contributed by atoms with Crippen molar-refractivity contribution >= 4 is 177 Å². The number of sulfonamides is 6. The summed E-state index contributed by atoms with van der Waals surface area (Å²) in [5.74, 6) is 12.3. The highest BCUT2D eigenvalue weighted by Crippen LogP contribution is 2.43. The molecule has 8 aliphatic rings. The minimum absolute atomic E-state index is 0.00353. The largest absolute Gasteiger partial charge is 0.383 e. The quantitative estimate of drug-likeness (QED) is 0.0627. The third-order valence-corrected chi connectivity index (χ3v) is 30.3. The normalized spacial score (nSPS) is 19.8. The number of rotatable bonds is 10. The van der Waals surface area contributed by atoms with E-state index in [4.69, 9.17) is 22.9 Å². The minimum Gasteiger partial charge on any atom is -0.383 e. The number of allylic oxidation sites excluding steroid dienone is 3. The van der Waals surface area contributed by atoms with Crippen molar-refractivity contribution in [3.8, 4) is 0 Å². The van der Waals surface area contributed by atoms with Crippen LogP contribution in [0.2, 0.25) is 0 Å². The number of amidine groups is 4. The van der Waals surface area contributed by atoms with E-state index in [1.54, 1.807) is 62.9 Å². The molecular formula is C81H98N12O14S10. The average molecular weight is 1780 g/mol. The smallest absolute Gasteiger partial charge is 0.259 e. The van der Waals surface area contributed by atoms with Gasteiger partial charge in [-0.25, -0.2) is 54.7 Å². The number of thioether (sulfide) groups is 1. The van der Waals surface area contributed by atoms with E-state index in [9.17, 15) is 58.9 Å². The molecule has 0 radical (unpaired) electrons. The van der Waals surface area contributed by atoms with Crippen LogP contribution in [0, 0.1) is 0 Å². The van der Waals surface area contributed by atoms with Crippen molar-refractivity contribution in [3.05, 3.63) is 234 Å². The number of hydrogen-bond donors (Lipinski definition) is 5. The molecular weight excluding hydrogens is 1690 g/mol. The molecule has 0 bridgehead atoms. The highest BCUT2D eigenvalue weighted by molar-refractivity contribution is 8.13. The van der Waals surface area contributed by atoms with Crippen LogP contribution in [0.25, 0.3) is 11.6 Å². The molecule has 626 valence electrons. The van der Waals surface area contributed by atoms with E-state index in [2.05, 4.69) is 99.6 Å². The minimum atomic E-state index is -3.56. The second kappa shape index (κ2) is 36.7. The number of anilines is 1. The van der Waals surface area contributed by atoms with Crippen molar-refractivity contribution < 1.29 is 58.9 Å². The van der Waals surface area contributed by atoms with Gasteiger partial charge in [-0.15, -0.1) is 25.0 Å². The predicted octanol–water partition coefficient (Wildman–Crippen LogP) is 11.7. The number of nitrogens with two attached hydrogens (primary N) is 4. The standard InChI is InChI=1S/2C14H17NO2S.C12H14N2OS.C11H15N3O2S.C10H12N2O3S2.C10H12N2O2S2.C10H11NO2S2/c1-9(2)10(3)13-7-5-6-12-8-18(16,17)15-11(4)14(12)13;1-3-4-5-7-12-8-6-9-13-10-18(16,17)15-11(2)14(12)13;1-16(15)7-9-3-2-4-10(8-5-6-8)11(9)12(13)14-16;1-7(2)13-9-5-3-4-8-6-17(15,16)14-11(12)10(8)9;1-16(2,13)8-5-3-4-7-6-17(14,15)12-10(11)9(7)8;1-15(2)8-5-3-4-7-6-16(13,14)12-10(11)9(7)8;1-7-10-8(6-15(12,13)11-7)4-3-5-9(10)14-2/h5-7H,8H2,1-4H3;5-9H,3-4,10H2,1-2H3;2-4,8H,1,5-7H2,(H2,13,14,15);3-5,7,13H,6H2,1-2H3,(H2,12,14);3-5H,1,6H2,2H3,(H2,11,12);3-5H,1,6H2,2H3,(H2,11,12);3-5H,6H2,1-2H3/b;7-5+;;;;;. The van der Waals surface area contributed by atoms with Gasteiger partial charge in [0.05, 0.1) is 67.1 Å². The molecule has 117 heavy (non-hydrogen) atoms. The fourth-order valence-corrected chi connectivity index (χ4v) is 24.5. The maximum absolute atomic E-state index is 12.0. The molecule has 9 N–H and O–H groups in total. The van der Waals surface area contributed by atoms with E-state index in [0.717, 1.165) is 89.5 Å². The molecule has 1 aliphatic carbocycles. The average Bonchev–Trinajstić information content (AvgIpc) is 1.77. The van der Waals surface area contributed by atoms with Gasteiger partial charge in [0.25, 0.3) is 60.1 Å². The van der Waals surface area contributed by atoms with Crippen LogP contribution in [0.4, 0.5) is 5.69 Å². The van der Waals surface area contributed by atoms with Gasteiger partial charge in [0.2, 0.25) is 0 Å². The number of nitrogens with zero attached hydrogens (tertiary/aromatic N) is 7. The molecule has 3 unspecified atom stereocenters. The molecule has 0 spiro atoms. The summed E-state index contributed by atoms with van der Waals surface area (Å²) in [6, 6.07) is 39.5. The van der Waals surface area contributed by atoms with Gasteiger partial charge < -0.3 is 28.3 Å². The highest BCUT2D eigenvalue weighted by atomic mass is 32.2. The Bertz CT molecular complexity index is 6480. The molecule has 7 heterocycles. The van der Waals surface area contributed by atoms with Gasteiger partial charge in [-0.05, 0) is 200 Å². The molecule has 7 aromatic carbocycles. The Balaban J connectivity index is 0.000000156. The number of fused-ring (bicyclic) bond motifs is 7. The maximum Gasteiger partial charge on any atom is 0.259 e. The first-order valence-electron chi connectivity index (χ1n) is 36.5. The molecule has 15 rings (SSSR count). The summed E-state index contributed by atoms with van der Waals surface area (Å²) in [5, 5.41) is 3.23. The first-order valence-corrected chi connectivity index (χ1v) is 53.2. The van der Waals surface area contributed by atoms with E-state index >= 15 is 0 Å². The Hall–Kier alpha value is -8.98. The topological polar surface area (TPSA) is 442 Å². The van der Waals surface area contributed by atoms with Crippen LogP contribution in [0.3, 0.4) is 0 Å². The van der Waals surface area contributed by atoms with Crippen LogP contribution in [0.1, 0.15) is 188 Å². The first kappa shape index (κ1) is 91.9. The van der Waals surface area contributed by atoms with E-state index in [0.29, 0.717) is 67.4 Å². The van der Waals surface area contributed by atoms with Crippen molar-refractivity contribution in [2.24, 2.45) is 53.7 Å². The maximum atomic E-state index is 12.0. The summed E-state index contributed by atoms with van der Waals surface area (Å²) >= 11 is 1.61. The fourth-order valence-electron chi connectivity index (χ4n) is 13.8. The lowest BCUT2D eigenvalue weighted by Gasteiger charge is -2.20. The molecule has 0 amide bonds. The second-order valence-electron chi connectivity index (χ2n) is 29.3. The Kier molecular flexibility index (Phi) is 28.8. The molecule has 7 aliphatic heterocycles. The zero-order valence-electron chi connectivity index (χ0n) is 67.1. The summed E-state index contributed by atoms with van der Waals surface area (Å²) in [7, 11) is -25.5. The lowest BCUT2D eigenvalue weighted by Crippen LogP contribution is -2.26. The van der Waals surface area contributed by atoms with Gasteiger partial charge in [-0.2, -0.15) is 28.1 Å². The van der Waals surface area contributed by atoms with Crippen LogP contribution in [0.5, 0.6) is 0 Å².